The number of hydrogen-bond acceptors (Lipinski definition) is 7. The van der Waals surface area contributed by atoms with Gasteiger partial charge < -0.3 is 34.5 Å². The van der Waals surface area contributed by atoms with E-state index in [1.165, 1.54) is 0 Å². The zero-order chi connectivity index (χ0) is 24.6. The third kappa shape index (κ3) is 6.77. The van der Waals surface area contributed by atoms with E-state index in [0.717, 1.165) is 16.7 Å². The van der Waals surface area contributed by atoms with E-state index in [2.05, 4.69) is 5.32 Å². The zero-order valence-electron chi connectivity index (χ0n) is 20.0. The van der Waals surface area contributed by atoms with Crippen molar-refractivity contribution in [2.75, 3.05) is 27.4 Å². The Hall–Kier alpha value is -2.49. The third-order valence-electron chi connectivity index (χ3n) is 6.08. The summed E-state index contributed by atoms with van der Waals surface area (Å²) in [6, 6.07) is 15.2. The lowest BCUT2D eigenvalue weighted by Gasteiger charge is -2.44. The number of aliphatic hydroxyl groups is 2. The van der Waals surface area contributed by atoms with E-state index in [1.54, 1.807) is 14.2 Å². The molecular weight excluding hydrogens is 438 g/mol. The summed E-state index contributed by atoms with van der Waals surface area (Å²) < 4.78 is 22.5. The van der Waals surface area contributed by atoms with Crippen LogP contribution in [-0.2, 0) is 32.2 Å². The van der Waals surface area contributed by atoms with Crippen LogP contribution in [-0.4, -0.2) is 67.4 Å². The fraction of sp³-hybridized carbons (Fsp3) is 0.500. The highest BCUT2D eigenvalue weighted by Crippen LogP contribution is 2.36. The maximum absolute atomic E-state index is 13.3. The van der Waals surface area contributed by atoms with E-state index in [9.17, 15) is 15.0 Å². The van der Waals surface area contributed by atoms with Crippen molar-refractivity contribution in [1.82, 2.24) is 5.32 Å². The monoisotopic (exact) mass is 473 g/mol. The van der Waals surface area contributed by atoms with E-state index in [4.69, 9.17) is 18.9 Å². The number of methoxy groups -OCH3 is 2. The minimum absolute atomic E-state index is 0.0542. The Morgan fingerprint density at radius 1 is 1.06 bits per heavy atom. The first-order chi connectivity index (χ1) is 16.4. The molecule has 2 aromatic rings. The van der Waals surface area contributed by atoms with Crippen molar-refractivity contribution in [3.63, 3.8) is 0 Å². The Labute approximate surface area is 200 Å². The van der Waals surface area contributed by atoms with Gasteiger partial charge in [-0.25, -0.2) is 0 Å². The molecule has 1 fully saturated rings. The molecule has 3 rings (SSSR count). The van der Waals surface area contributed by atoms with Crippen LogP contribution in [0.25, 0.3) is 0 Å². The van der Waals surface area contributed by atoms with Crippen LogP contribution in [0.2, 0.25) is 0 Å². The van der Waals surface area contributed by atoms with E-state index in [0.29, 0.717) is 18.9 Å². The number of rotatable bonds is 11. The van der Waals surface area contributed by atoms with Crippen LogP contribution in [0.15, 0.2) is 48.5 Å². The number of hydrogen-bond donors (Lipinski definition) is 3. The fourth-order valence-corrected chi connectivity index (χ4v) is 4.06. The van der Waals surface area contributed by atoms with Gasteiger partial charge in [0.2, 0.25) is 0 Å². The summed E-state index contributed by atoms with van der Waals surface area (Å²) in [5.41, 5.74) is 1.51. The molecule has 1 aliphatic rings. The van der Waals surface area contributed by atoms with Crippen molar-refractivity contribution in [3.05, 3.63) is 65.2 Å². The molecule has 0 bridgehead atoms. The van der Waals surface area contributed by atoms with Crippen LogP contribution in [0.5, 0.6) is 5.75 Å². The fourth-order valence-electron chi connectivity index (χ4n) is 4.06. The number of aliphatic hydroxyl groups excluding tert-OH is 2. The topological polar surface area (TPSA) is 106 Å². The van der Waals surface area contributed by atoms with Crippen molar-refractivity contribution in [2.45, 2.75) is 56.9 Å². The molecule has 1 amide bonds. The predicted molar refractivity (Wildman–Crippen MR) is 126 cm³/mol. The molecule has 2 aromatic carbocycles. The van der Waals surface area contributed by atoms with Gasteiger partial charge in [0.25, 0.3) is 5.91 Å². The molecule has 1 saturated carbocycles. The maximum atomic E-state index is 13.3. The lowest BCUT2D eigenvalue weighted by Crippen LogP contribution is -2.60. The SMILES string of the molecule is COCCNC(=O)[C@@]1(OCc2cccc(OC)c2)CC(OCc2ccc(C)cc2)[C@H](O)[C@H](O)C1. The average molecular weight is 474 g/mol. The first kappa shape index (κ1) is 26.1. The summed E-state index contributed by atoms with van der Waals surface area (Å²) >= 11 is 0. The van der Waals surface area contributed by atoms with Crippen LogP contribution in [0.3, 0.4) is 0 Å². The first-order valence-corrected chi connectivity index (χ1v) is 11.4. The molecule has 0 spiro atoms. The number of nitrogens with one attached hydrogen (secondary N) is 1. The van der Waals surface area contributed by atoms with Crippen LogP contribution >= 0.6 is 0 Å². The van der Waals surface area contributed by atoms with Crippen molar-refractivity contribution < 1.29 is 34.0 Å². The minimum atomic E-state index is -1.38. The summed E-state index contributed by atoms with van der Waals surface area (Å²) in [6.07, 6.45) is -3.06. The van der Waals surface area contributed by atoms with E-state index in [-0.39, 0.29) is 32.0 Å². The molecule has 0 radical (unpaired) electrons. The summed E-state index contributed by atoms with van der Waals surface area (Å²) in [6.45, 7) is 3.01. The Morgan fingerprint density at radius 3 is 2.53 bits per heavy atom. The zero-order valence-corrected chi connectivity index (χ0v) is 20.0. The van der Waals surface area contributed by atoms with Crippen LogP contribution in [0, 0.1) is 6.92 Å². The van der Waals surface area contributed by atoms with Gasteiger partial charge >= 0.3 is 0 Å². The highest BCUT2D eigenvalue weighted by Gasteiger charge is 2.51. The van der Waals surface area contributed by atoms with E-state index in [1.807, 2.05) is 55.5 Å². The molecule has 4 atom stereocenters. The van der Waals surface area contributed by atoms with Crippen molar-refractivity contribution in [3.8, 4) is 5.75 Å². The second-order valence-electron chi connectivity index (χ2n) is 8.68. The number of ether oxygens (including phenoxy) is 4. The molecule has 0 heterocycles. The highest BCUT2D eigenvalue weighted by molar-refractivity contribution is 5.85. The lowest BCUT2D eigenvalue weighted by molar-refractivity contribution is -0.200. The van der Waals surface area contributed by atoms with Crippen LogP contribution in [0.4, 0.5) is 0 Å². The molecule has 8 nitrogen and oxygen atoms in total. The van der Waals surface area contributed by atoms with Crippen molar-refractivity contribution in [2.24, 2.45) is 0 Å². The Balaban J connectivity index is 1.78. The standard InChI is InChI=1S/C26H35NO7/c1-18-7-9-19(10-8-18)16-33-23-15-26(14-22(28)24(23)29,25(30)27-11-12-31-2)34-17-20-5-4-6-21(13-20)32-3/h4-10,13,22-24,28-29H,11-12,14-17H2,1-3H3,(H,27,30)/t22-,23?,24-,26+/m1/s1. The Kier molecular flexibility index (Phi) is 9.44. The third-order valence-corrected chi connectivity index (χ3v) is 6.08. The molecule has 1 unspecified atom stereocenters. The quantitative estimate of drug-likeness (QED) is 0.429. The first-order valence-electron chi connectivity index (χ1n) is 11.4. The van der Waals surface area contributed by atoms with Crippen LogP contribution in [0.1, 0.15) is 29.5 Å². The summed E-state index contributed by atoms with van der Waals surface area (Å²) in [5, 5.41) is 24.2. The van der Waals surface area contributed by atoms with Crippen LogP contribution < -0.4 is 10.1 Å². The molecule has 1 aliphatic carbocycles. The molecular formula is C26H35NO7. The molecule has 0 saturated heterocycles. The van der Waals surface area contributed by atoms with Gasteiger partial charge in [0, 0.05) is 26.5 Å². The molecule has 0 aromatic heterocycles. The van der Waals surface area contributed by atoms with Crippen molar-refractivity contribution in [1.29, 1.82) is 0 Å². The number of carbonyl (C=O) groups is 1. The Bertz CT molecular complexity index is 920. The molecule has 3 N–H and O–H groups in total. The average Bonchev–Trinajstić information content (AvgIpc) is 2.85. The number of amides is 1. The van der Waals surface area contributed by atoms with Gasteiger partial charge in [-0.1, -0.05) is 42.0 Å². The molecule has 186 valence electrons. The van der Waals surface area contributed by atoms with Gasteiger partial charge in [0.05, 0.1) is 39.1 Å². The predicted octanol–water partition coefficient (Wildman–Crippen LogP) is 2.12. The molecule has 0 aliphatic heterocycles. The summed E-state index contributed by atoms with van der Waals surface area (Å²) in [5.74, 6) is 0.306. The van der Waals surface area contributed by atoms with Gasteiger partial charge in [-0.05, 0) is 30.2 Å². The Morgan fingerprint density at radius 2 is 1.82 bits per heavy atom. The van der Waals surface area contributed by atoms with Gasteiger partial charge in [-0.3, -0.25) is 4.79 Å². The number of benzene rings is 2. The lowest BCUT2D eigenvalue weighted by atomic mass is 9.78. The molecule has 34 heavy (non-hydrogen) atoms. The van der Waals surface area contributed by atoms with Gasteiger partial charge in [-0.2, -0.15) is 0 Å². The van der Waals surface area contributed by atoms with Crippen molar-refractivity contribution >= 4 is 5.91 Å². The summed E-state index contributed by atoms with van der Waals surface area (Å²) in [4.78, 5) is 13.3. The number of aryl methyl sites for hydroxylation is 1. The smallest absolute Gasteiger partial charge is 0.252 e. The highest BCUT2D eigenvalue weighted by atomic mass is 16.5. The largest absolute Gasteiger partial charge is 0.497 e. The molecule has 8 heteroatoms. The van der Waals surface area contributed by atoms with Gasteiger partial charge in [0.15, 0.2) is 5.60 Å². The maximum Gasteiger partial charge on any atom is 0.252 e. The minimum Gasteiger partial charge on any atom is -0.497 e. The summed E-state index contributed by atoms with van der Waals surface area (Å²) in [7, 11) is 3.14. The van der Waals surface area contributed by atoms with Gasteiger partial charge in [0.1, 0.15) is 11.9 Å². The number of carbonyl (C=O) groups excluding carboxylic acids is 1. The van der Waals surface area contributed by atoms with E-state index >= 15 is 0 Å². The second-order valence-corrected chi connectivity index (χ2v) is 8.68. The normalized spacial score (nSPS) is 24.6. The second kappa shape index (κ2) is 12.3. The van der Waals surface area contributed by atoms with Gasteiger partial charge in [-0.15, -0.1) is 0 Å². The van der Waals surface area contributed by atoms with E-state index < -0.39 is 23.9 Å².